The molecule has 0 saturated carbocycles. The molecule has 0 bridgehead atoms. The minimum Gasteiger partial charge on any atom is -0.461 e. The highest BCUT2D eigenvalue weighted by atomic mass is 19.3. The van der Waals surface area contributed by atoms with Crippen LogP contribution in [-0.2, 0) is 36.6 Å². The third kappa shape index (κ3) is 9.97. The number of anilines is 2. The molecule has 0 unspecified atom stereocenters. The van der Waals surface area contributed by atoms with Gasteiger partial charge in [-0.3, -0.25) is 9.69 Å². The predicted molar refractivity (Wildman–Crippen MR) is 195 cm³/mol. The molecular formula is C39H55F2N5O6. The molecule has 5 rings (SSSR count). The lowest BCUT2D eigenvalue weighted by Gasteiger charge is -2.40. The molecule has 11 nitrogen and oxygen atoms in total. The minimum absolute atomic E-state index is 0.128. The van der Waals surface area contributed by atoms with Crippen LogP contribution in [0.4, 0.5) is 25.1 Å². The smallest absolute Gasteiger partial charge is 0.416 e. The van der Waals surface area contributed by atoms with Gasteiger partial charge in [-0.1, -0.05) is 18.2 Å². The second kappa shape index (κ2) is 16.4. The predicted octanol–water partition coefficient (Wildman–Crippen LogP) is 6.09. The third-order valence-corrected chi connectivity index (χ3v) is 9.69. The summed E-state index contributed by atoms with van der Waals surface area (Å²) in [5.41, 5.74) is 1.71. The number of rotatable bonds is 11. The van der Waals surface area contributed by atoms with Crippen LogP contribution in [0.1, 0.15) is 90.1 Å². The number of likely N-dealkylation sites (tertiary alicyclic amines) is 1. The number of aromatic nitrogens is 1. The first kappa shape index (κ1) is 39.4. The van der Waals surface area contributed by atoms with E-state index in [2.05, 4.69) is 15.1 Å². The number of carbonyl (C=O) groups is 3. The van der Waals surface area contributed by atoms with Gasteiger partial charge in [0.1, 0.15) is 17.5 Å². The number of halogens is 2. The summed E-state index contributed by atoms with van der Waals surface area (Å²) in [6, 6.07) is 8.78. The van der Waals surface area contributed by atoms with Gasteiger partial charge in [0, 0.05) is 37.6 Å². The first-order valence-electron chi connectivity index (χ1n) is 18.6. The highest BCUT2D eigenvalue weighted by Gasteiger charge is 2.51. The molecule has 3 aliphatic rings. The number of nitrogens with one attached hydrogen (secondary N) is 1. The zero-order chi connectivity index (χ0) is 37.7. The summed E-state index contributed by atoms with van der Waals surface area (Å²) in [5, 5.41) is 2.58. The van der Waals surface area contributed by atoms with Crippen molar-refractivity contribution in [3.8, 4) is 0 Å². The molecule has 2 atom stereocenters. The molecule has 0 radical (unpaired) electrons. The van der Waals surface area contributed by atoms with E-state index in [9.17, 15) is 14.4 Å². The van der Waals surface area contributed by atoms with Gasteiger partial charge in [0.05, 0.1) is 24.7 Å². The zero-order valence-corrected chi connectivity index (χ0v) is 31.5. The molecule has 2 amide bonds. The Bertz CT molecular complexity index is 1580. The number of nitrogens with zero attached hydrogens (tertiary/aromatic N) is 4. The molecule has 2 aromatic rings. The van der Waals surface area contributed by atoms with E-state index in [0.29, 0.717) is 63.7 Å². The van der Waals surface area contributed by atoms with E-state index in [-0.39, 0.29) is 12.2 Å². The number of amides is 2. The topological polar surface area (TPSA) is 114 Å². The molecule has 0 aliphatic carbocycles. The number of esters is 1. The molecule has 4 heterocycles. The lowest BCUT2D eigenvalue weighted by Crippen LogP contribution is -2.50. The molecule has 2 fully saturated rings. The summed E-state index contributed by atoms with van der Waals surface area (Å²) in [6.07, 6.45) is 4.03. The lowest BCUT2D eigenvalue weighted by atomic mass is 9.94. The largest absolute Gasteiger partial charge is 0.461 e. The molecule has 1 N–H and O–H groups in total. The number of ether oxygens (including phenoxy) is 3. The van der Waals surface area contributed by atoms with E-state index in [4.69, 9.17) is 19.2 Å². The average molecular weight is 728 g/mol. The number of piperidine rings is 1. The second-order valence-electron chi connectivity index (χ2n) is 15.7. The van der Waals surface area contributed by atoms with E-state index < -0.39 is 47.1 Å². The number of benzene rings is 1. The molecule has 52 heavy (non-hydrogen) atoms. The Balaban J connectivity index is 1.23. The summed E-state index contributed by atoms with van der Waals surface area (Å²) in [6.45, 7) is 14.8. The highest BCUT2D eigenvalue weighted by Crippen LogP contribution is 2.36. The molecule has 3 aliphatic heterocycles. The van der Waals surface area contributed by atoms with E-state index >= 15 is 8.78 Å². The fourth-order valence-corrected chi connectivity index (χ4v) is 7.20. The lowest BCUT2D eigenvalue weighted by molar-refractivity contribution is -0.177. The van der Waals surface area contributed by atoms with Crippen LogP contribution in [0.15, 0.2) is 36.4 Å². The third-order valence-electron chi connectivity index (χ3n) is 9.69. The fraction of sp³-hybridized carbons (Fsp3) is 0.641. The zero-order valence-electron chi connectivity index (χ0n) is 31.5. The summed E-state index contributed by atoms with van der Waals surface area (Å²) in [4.78, 5) is 49.9. The van der Waals surface area contributed by atoms with Crippen molar-refractivity contribution in [2.45, 2.75) is 103 Å². The van der Waals surface area contributed by atoms with Crippen LogP contribution >= 0.6 is 0 Å². The summed E-state index contributed by atoms with van der Waals surface area (Å²) >= 11 is 0. The first-order valence-corrected chi connectivity index (χ1v) is 18.6. The Morgan fingerprint density at radius 1 is 1.10 bits per heavy atom. The van der Waals surface area contributed by atoms with Crippen molar-refractivity contribution in [2.24, 2.45) is 5.92 Å². The van der Waals surface area contributed by atoms with E-state index in [1.165, 1.54) is 13.0 Å². The first-order chi connectivity index (χ1) is 24.6. The van der Waals surface area contributed by atoms with Crippen LogP contribution in [0, 0.1) is 5.92 Å². The van der Waals surface area contributed by atoms with E-state index in [1.807, 2.05) is 52.8 Å². The monoisotopic (exact) mass is 727 g/mol. The van der Waals surface area contributed by atoms with Crippen molar-refractivity contribution in [2.75, 3.05) is 62.3 Å². The van der Waals surface area contributed by atoms with Gasteiger partial charge in [-0.25, -0.2) is 14.6 Å². The van der Waals surface area contributed by atoms with Crippen molar-refractivity contribution >= 4 is 29.5 Å². The number of aryl methyl sites for hydroxylation is 2. The minimum atomic E-state index is -4.00. The number of hydrogen-bond donors (Lipinski definition) is 1. The van der Waals surface area contributed by atoms with Crippen LogP contribution < -0.4 is 15.1 Å². The van der Waals surface area contributed by atoms with Gasteiger partial charge in [0.15, 0.2) is 0 Å². The maximum absolute atomic E-state index is 15.9. The molecule has 286 valence electrons. The van der Waals surface area contributed by atoms with Crippen LogP contribution in [-0.4, -0.2) is 97.5 Å². The van der Waals surface area contributed by atoms with Gasteiger partial charge in [-0.15, -0.1) is 0 Å². The van der Waals surface area contributed by atoms with Crippen LogP contribution in [0.5, 0.6) is 0 Å². The van der Waals surface area contributed by atoms with Gasteiger partial charge in [0.2, 0.25) is 5.91 Å². The molecule has 0 spiro atoms. The second-order valence-corrected chi connectivity index (χ2v) is 15.7. The molecular weight excluding hydrogens is 672 g/mol. The van der Waals surface area contributed by atoms with Crippen molar-refractivity contribution in [3.05, 3.63) is 53.2 Å². The number of hydrogen-bond acceptors (Lipinski definition) is 9. The number of fused-ring (bicyclic) bond motifs is 1. The Morgan fingerprint density at radius 3 is 2.62 bits per heavy atom. The number of alkyl halides is 2. The maximum atomic E-state index is 15.9. The van der Waals surface area contributed by atoms with Crippen molar-refractivity contribution in [3.63, 3.8) is 0 Å². The number of morpholine rings is 1. The standard InChI is InChI=1S/C39H55F2N5O6/c1-7-50-35(48)39(40,41)32(28-12-8-16-31(24-28)45-22-23-51-38(5,6)26-45)43-34(47)29-14-9-19-44(25-29)20-11-15-30-18-17-27-13-10-21-46(33(27)42-30)36(49)52-37(2,3)4/h8,12,16-18,24,29,32H,7,9-11,13-15,19-23,25-26H2,1-6H3,(H,43,47)/t29-,32-/m1/s1. The summed E-state index contributed by atoms with van der Waals surface area (Å²) in [5.74, 6) is -6.06. The van der Waals surface area contributed by atoms with Gasteiger partial charge in [-0.2, -0.15) is 8.78 Å². The average Bonchev–Trinajstić information content (AvgIpc) is 3.09. The van der Waals surface area contributed by atoms with Crippen LogP contribution in [0.2, 0.25) is 0 Å². The summed E-state index contributed by atoms with van der Waals surface area (Å²) < 4.78 is 47.9. The Kier molecular flexibility index (Phi) is 12.5. The maximum Gasteiger partial charge on any atom is 0.416 e. The number of carbonyl (C=O) groups excluding carboxylic acids is 3. The molecule has 13 heteroatoms. The molecule has 1 aromatic carbocycles. The van der Waals surface area contributed by atoms with Crippen molar-refractivity contribution in [1.29, 1.82) is 0 Å². The van der Waals surface area contributed by atoms with Gasteiger partial charge in [0.25, 0.3) is 0 Å². The fourth-order valence-electron chi connectivity index (χ4n) is 7.20. The van der Waals surface area contributed by atoms with Crippen molar-refractivity contribution < 1.29 is 37.4 Å². The van der Waals surface area contributed by atoms with Gasteiger partial charge in [-0.05, 0) is 122 Å². The van der Waals surface area contributed by atoms with Crippen LogP contribution in [0.3, 0.4) is 0 Å². The number of pyridine rings is 1. The molecule has 2 saturated heterocycles. The molecule has 1 aromatic heterocycles. The highest BCUT2D eigenvalue weighted by molar-refractivity contribution is 5.88. The van der Waals surface area contributed by atoms with E-state index in [1.54, 1.807) is 17.0 Å². The van der Waals surface area contributed by atoms with Crippen LogP contribution in [0.25, 0.3) is 0 Å². The Labute approximate surface area is 306 Å². The van der Waals surface area contributed by atoms with Gasteiger partial charge >= 0.3 is 18.0 Å². The van der Waals surface area contributed by atoms with E-state index in [0.717, 1.165) is 43.5 Å². The Morgan fingerprint density at radius 2 is 1.88 bits per heavy atom. The Hall–Kier alpha value is -3.84. The van der Waals surface area contributed by atoms with Crippen molar-refractivity contribution in [1.82, 2.24) is 15.2 Å². The normalized spacial score (nSPS) is 20.1. The SMILES string of the molecule is CCOC(=O)C(F)(F)[C@H](NC(=O)[C@@H]1CCCN(CCCc2ccc3c(n2)N(C(=O)OC(C)(C)C)CCC3)C1)c1cccc(N2CCOC(C)(C)C2)c1. The summed E-state index contributed by atoms with van der Waals surface area (Å²) in [7, 11) is 0. The van der Waals surface area contributed by atoms with Gasteiger partial charge < -0.3 is 29.3 Å². The quantitative estimate of drug-likeness (QED) is 0.275.